The van der Waals surface area contributed by atoms with Crippen molar-refractivity contribution in [3.8, 4) is 11.1 Å². The summed E-state index contributed by atoms with van der Waals surface area (Å²) in [4.78, 5) is 22.6. The maximum Gasteiger partial charge on any atom is 0.241 e. The molecule has 2 heterocycles. The van der Waals surface area contributed by atoms with Crippen molar-refractivity contribution in [1.29, 1.82) is 0 Å². The molecule has 1 unspecified atom stereocenters. The van der Waals surface area contributed by atoms with E-state index in [1.807, 2.05) is 41.3 Å². The van der Waals surface area contributed by atoms with Crippen molar-refractivity contribution in [1.82, 2.24) is 15.3 Å². The maximum absolute atomic E-state index is 11.9. The number of nitrogens with one attached hydrogen (secondary N) is 1. The van der Waals surface area contributed by atoms with E-state index in [1.54, 1.807) is 0 Å². The normalized spacial score (nSPS) is 17.3. The molecule has 0 bridgehead atoms. The molecule has 0 radical (unpaired) electrons. The molecule has 0 spiro atoms. The van der Waals surface area contributed by atoms with Crippen LogP contribution in [0.15, 0.2) is 42.7 Å². The quantitative estimate of drug-likeness (QED) is 0.704. The Morgan fingerprint density at radius 2 is 1.96 bits per heavy atom. The molecule has 3 aromatic rings. The third-order valence-electron chi connectivity index (χ3n) is 4.70. The van der Waals surface area contributed by atoms with Gasteiger partial charge in [-0.05, 0) is 29.8 Å². The minimum atomic E-state index is -0.466. The molecule has 1 aromatic heterocycles. The van der Waals surface area contributed by atoms with E-state index in [0.29, 0.717) is 34.5 Å². The van der Waals surface area contributed by atoms with Crippen molar-refractivity contribution < 1.29 is 4.79 Å². The van der Waals surface area contributed by atoms with Gasteiger partial charge >= 0.3 is 0 Å². The van der Waals surface area contributed by atoms with E-state index in [1.165, 1.54) is 6.33 Å². The third kappa shape index (κ3) is 3.43. The number of aromatic nitrogens is 2. The van der Waals surface area contributed by atoms with Gasteiger partial charge in [0.1, 0.15) is 18.2 Å². The summed E-state index contributed by atoms with van der Waals surface area (Å²) in [5, 5.41) is 5.26. The molecule has 8 heteroatoms. The van der Waals surface area contributed by atoms with Crippen LogP contribution < -0.4 is 16.0 Å². The molecule has 0 aliphatic carbocycles. The molecule has 138 valence electrons. The van der Waals surface area contributed by atoms with Crippen molar-refractivity contribution in [2.45, 2.75) is 6.04 Å². The fraction of sp³-hybridized carbons (Fsp3) is 0.211. The zero-order valence-corrected chi connectivity index (χ0v) is 15.8. The highest BCUT2D eigenvalue weighted by Gasteiger charge is 2.29. The molecule has 1 aliphatic rings. The van der Waals surface area contributed by atoms with Gasteiger partial charge in [0.2, 0.25) is 5.91 Å². The van der Waals surface area contributed by atoms with Crippen LogP contribution in [0.5, 0.6) is 0 Å². The molecule has 4 rings (SSSR count). The number of rotatable bonds is 3. The lowest BCUT2D eigenvalue weighted by Crippen LogP contribution is -2.57. The Bertz CT molecular complexity index is 1010. The number of nitrogens with two attached hydrogens (primary N) is 1. The molecule has 1 amide bonds. The number of anilines is 1. The molecular formula is C19H17Cl2N5O. The Labute approximate surface area is 166 Å². The Balaban J connectivity index is 1.88. The first-order chi connectivity index (χ1) is 13.0. The van der Waals surface area contributed by atoms with E-state index in [0.717, 1.165) is 23.1 Å². The van der Waals surface area contributed by atoms with Gasteiger partial charge in [0.05, 0.1) is 10.5 Å². The van der Waals surface area contributed by atoms with Gasteiger partial charge in [-0.15, -0.1) is 0 Å². The predicted octanol–water partition coefficient (Wildman–Crippen LogP) is 2.87. The first-order valence-corrected chi connectivity index (χ1v) is 9.27. The number of piperazine rings is 1. The topological polar surface area (TPSA) is 84.1 Å². The van der Waals surface area contributed by atoms with Crippen molar-refractivity contribution in [3.05, 3.63) is 52.8 Å². The second-order valence-corrected chi connectivity index (χ2v) is 7.21. The van der Waals surface area contributed by atoms with Crippen molar-refractivity contribution >= 4 is 45.8 Å². The Kier molecular flexibility index (Phi) is 4.86. The average Bonchev–Trinajstić information content (AvgIpc) is 2.67. The van der Waals surface area contributed by atoms with Gasteiger partial charge < -0.3 is 16.0 Å². The molecule has 1 saturated heterocycles. The summed E-state index contributed by atoms with van der Waals surface area (Å²) in [6, 6.07) is 10.8. The largest absolute Gasteiger partial charge is 0.368 e. The smallest absolute Gasteiger partial charge is 0.241 e. The first-order valence-electron chi connectivity index (χ1n) is 8.51. The first kappa shape index (κ1) is 18.0. The Hall–Kier alpha value is -2.41. The SMILES string of the molecule is NC(=O)C1CNCCN1c1ncnc2cc(Cl)c(-c3ccc(Cl)cc3)cc12. The number of halogens is 2. The lowest BCUT2D eigenvalue weighted by Gasteiger charge is -2.35. The van der Waals surface area contributed by atoms with Crippen LogP contribution in [0, 0.1) is 0 Å². The van der Waals surface area contributed by atoms with Crippen LogP contribution in [0.1, 0.15) is 0 Å². The van der Waals surface area contributed by atoms with Crippen LogP contribution in [0.25, 0.3) is 22.0 Å². The fourth-order valence-electron chi connectivity index (χ4n) is 3.36. The van der Waals surface area contributed by atoms with E-state index in [4.69, 9.17) is 28.9 Å². The van der Waals surface area contributed by atoms with Gasteiger partial charge in [-0.25, -0.2) is 9.97 Å². The number of hydrogen-bond donors (Lipinski definition) is 2. The number of primary amides is 1. The summed E-state index contributed by atoms with van der Waals surface area (Å²) < 4.78 is 0. The number of carbonyl (C=O) groups is 1. The van der Waals surface area contributed by atoms with Crippen LogP contribution >= 0.6 is 23.2 Å². The summed E-state index contributed by atoms with van der Waals surface area (Å²) in [7, 11) is 0. The molecule has 2 aromatic carbocycles. The summed E-state index contributed by atoms with van der Waals surface area (Å²) in [5.74, 6) is 0.290. The van der Waals surface area contributed by atoms with Gasteiger partial charge in [-0.3, -0.25) is 4.79 Å². The van der Waals surface area contributed by atoms with Gasteiger partial charge in [-0.2, -0.15) is 0 Å². The average molecular weight is 402 g/mol. The van der Waals surface area contributed by atoms with E-state index in [-0.39, 0.29) is 5.91 Å². The lowest BCUT2D eigenvalue weighted by atomic mass is 10.0. The minimum absolute atomic E-state index is 0.388. The summed E-state index contributed by atoms with van der Waals surface area (Å²) in [6.45, 7) is 1.85. The monoisotopic (exact) mass is 401 g/mol. The molecule has 3 N–H and O–H groups in total. The number of nitrogens with zero attached hydrogens (tertiary/aromatic N) is 3. The zero-order valence-electron chi connectivity index (χ0n) is 14.3. The molecule has 1 fully saturated rings. The van der Waals surface area contributed by atoms with Crippen LogP contribution in [-0.2, 0) is 4.79 Å². The van der Waals surface area contributed by atoms with Gasteiger partial charge in [-0.1, -0.05) is 35.3 Å². The molecule has 27 heavy (non-hydrogen) atoms. The zero-order chi connectivity index (χ0) is 19.0. The highest BCUT2D eigenvalue weighted by atomic mass is 35.5. The van der Waals surface area contributed by atoms with E-state index >= 15 is 0 Å². The number of carbonyl (C=O) groups excluding carboxylic acids is 1. The molecule has 1 atom stereocenters. The standard InChI is InChI=1S/C19H17Cl2N5O/c20-12-3-1-11(2-4-12)13-7-14-16(8-15(13)21)24-10-25-19(14)26-6-5-23-9-17(26)18(22)27/h1-4,7-8,10,17,23H,5-6,9H2,(H2,22,27). The highest BCUT2D eigenvalue weighted by molar-refractivity contribution is 6.34. The van der Waals surface area contributed by atoms with E-state index in [2.05, 4.69) is 15.3 Å². The van der Waals surface area contributed by atoms with Gasteiger partial charge in [0.15, 0.2) is 0 Å². The fourth-order valence-corrected chi connectivity index (χ4v) is 3.75. The van der Waals surface area contributed by atoms with Gasteiger partial charge in [0, 0.05) is 35.6 Å². The minimum Gasteiger partial charge on any atom is -0.368 e. The van der Waals surface area contributed by atoms with Crippen LogP contribution in [0.4, 0.5) is 5.82 Å². The second-order valence-electron chi connectivity index (χ2n) is 6.37. The molecule has 6 nitrogen and oxygen atoms in total. The second kappa shape index (κ2) is 7.31. The predicted molar refractivity (Wildman–Crippen MR) is 108 cm³/mol. The Morgan fingerprint density at radius 3 is 2.70 bits per heavy atom. The maximum atomic E-state index is 11.9. The van der Waals surface area contributed by atoms with Crippen molar-refractivity contribution in [2.75, 3.05) is 24.5 Å². The number of fused-ring (bicyclic) bond motifs is 1. The molecule has 1 aliphatic heterocycles. The summed E-state index contributed by atoms with van der Waals surface area (Å²) in [6.07, 6.45) is 1.48. The van der Waals surface area contributed by atoms with E-state index in [9.17, 15) is 4.79 Å². The molecular weight excluding hydrogens is 385 g/mol. The number of hydrogen-bond acceptors (Lipinski definition) is 5. The summed E-state index contributed by atoms with van der Waals surface area (Å²) in [5.41, 5.74) is 8.10. The third-order valence-corrected chi connectivity index (χ3v) is 5.27. The van der Waals surface area contributed by atoms with Crippen LogP contribution in [0.3, 0.4) is 0 Å². The lowest BCUT2D eigenvalue weighted by molar-refractivity contribution is -0.119. The number of benzene rings is 2. The highest BCUT2D eigenvalue weighted by Crippen LogP contribution is 2.35. The van der Waals surface area contributed by atoms with Gasteiger partial charge in [0.25, 0.3) is 0 Å². The van der Waals surface area contributed by atoms with Crippen LogP contribution in [-0.4, -0.2) is 41.6 Å². The van der Waals surface area contributed by atoms with Crippen molar-refractivity contribution in [3.63, 3.8) is 0 Å². The van der Waals surface area contributed by atoms with Crippen LogP contribution in [0.2, 0.25) is 10.0 Å². The van der Waals surface area contributed by atoms with Crippen molar-refractivity contribution in [2.24, 2.45) is 5.73 Å². The molecule has 0 saturated carbocycles. The number of amides is 1. The Morgan fingerprint density at radius 1 is 1.19 bits per heavy atom. The summed E-state index contributed by atoms with van der Waals surface area (Å²) >= 11 is 12.5. The van der Waals surface area contributed by atoms with E-state index < -0.39 is 6.04 Å².